The third-order valence-electron chi connectivity index (χ3n) is 3.34. The summed E-state index contributed by atoms with van der Waals surface area (Å²) in [6, 6.07) is 0. The molecule has 0 spiro atoms. The van der Waals surface area contributed by atoms with Gasteiger partial charge in [0.15, 0.2) is 5.92 Å². The summed E-state index contributed by atoms with van der Waals surface area (Å²) in [6.07, 6.45) is 1.17. The molecule has 0 radical (unpaired) electrons. The lowest BCUT2D eigenvalue weighted by atomic mass is 9.80. The lowest BCUT2D eigenvalue weighted by Crippen LogP contribution is -2.55. The smallest absolute Gasteiger partial charge is 0.323 e. The Labute approximate surface area is 118 Å². The third-order valence-corrected chi connectivity index (χ3v) is 4.77. The molecule has 5 nitrogen and oxygen atoms in total. The maximum atomic E-state index is 12.0. The standard InChI is InChI=1S/C13H22O5S/c1-4-17-11(14)10(12(15)18-5-2)13(16)7-6-8-19-9(13)3/h9-10,16H,4-8H2,1-3H3. The molecule has 110 valence electrons. The number of hydrogen-bond donors (Lipinski definition) is 1. The van der Waals surface area contributed by atoms with E-state index in [2.05, 4.69) is 0 Å². The van der Waals surface area contributed by atoms with Gasteiger partial charge >= 0.3 is 11.9 Å². The molecule has 1 fully saturated rings. The van der Waals surface area contributed by atoms with Crippen LogP contribution in [-0.4, -0.2) is 46.9 Å². The second-order valence-corrected chi connectivity index (χ2v) is 5.99. The summed E-state index contributed by atoms with van der Waals surface area (Å²) in [5.41, 5.74) is -1.39. The van der Waals surface area contributed by atoms with Crippen LogP contribution in [-0.2, 0) is 19.1 Å². The first-order valence-electron chi connectivity index (χ1n) is 6.64. The van der Waals surface area contributed by atoms with Gasteiger partial charge in [0.05, 0.1) is 13.2 Å². The predicted molar refractivity (Wildman–Crippen MR) is 72.9 cm³/mol. The highest BCUT2D eigenvalue weighted by Gasteiger charge is 2.52. The van der Waals surface area contributed by atoms with E-state index < -0.39 is 23.5 Å². The summed E-state index contributed by atoms with van der Waals surface area (Å²) < 4.78 is 9.86. The zero-order valence-electron chi connectivity index (χ0n) is 11.7. The van der Waals surface area contributed by atoms with Crippen LogP contribution in [0.5, 0.6) is 0 Å². The number of aliphatic hydroxyl groups is 1. The van der Waals surface area contributed by atoms with E-state index in [4.69, 9.17) is 9.47 Å². The molecule has 1 rings (SSSR count). The first-order valence-corrected chi connectivity index (χ1v) is 7.69. The number of carbonyl (C=O) groups excluding carboxylic acids is 2. The van der Waals surface area contributed by atoms with Crippen molar-refractivity contribution in [3.05, 3.63) is 0 Å². The Morgan fingerprint density at radius 1 is 1.32 bits per heavy atom. The van der Waals surface area contributed by atoms with E-state index in [9.17, 15) is 14.7 Å². The van der Waals surface area contributed by atoms with Crippen LogP contribution in [0.25, 0.3) is 0 Å². The fourth-order valence-corrected chi connectivity index (χ4v) is 3.50. The molecule has 0 aromatic rings. The van der Waals surface area contributed by atoms with Crippen LogP contribution in [0, 0.1) is 5.92 Å². The molecule has 0 aliphatic carbocycles. The fourth-order valence-electron chi connectivity index (χ4n) is 2.30. The topological polar surface area (TPSA) is 72.8 Å². The van der Waals surface area contributed by atoms with Gasteiger partial charge in [0.1, 0.15) is 5.60 Å². The Morgan fingerprint density at radius 3 is 2.26 bits per heavy atom. The molecule has 1 aliphatic heterocycles. The molecule has 2 unspecified atom stereocenters. The van der Waals surface area contributed by atoms with Gasteiger partial charge in [0, 0.05) is 5.25 Å². The van der Waals surface area contributed by atoms with Gasteiger partial charge in [-0.1, -0.05) is 6.92 Å². The molecular formula is C13H22O5S. The minimum atomic E-state index is -1.39. The van der Waals surface area contributed by atoms with Crippen LogP contribution in [0.2, 0.25) is 0 Å². The lowest BCUT2D eigenvalue weighted by Gasteiger charge is -2.40. The summed E-state index contributed by atoms with van der Waals surface area (Å²) in [4.78, 5) is 24.0. The predicted octanol–water partition coefficient (Wildman–Crippen LogP) is 1.38. The van der Waals surface area contributed by atoms with E-state index in [0.717, 1.165) is 12.2 Å². The van der Waals surface area contributed by atoms with Crippen LogP contribution in [0.15, 0.2) is 0 Å². The zero-order chi connectivity index (χ0) is 14.5. The SMILES string of the molecule is CCOC(=O)C(C(=O)OCC)C1(O)CCCSC1C. The van der Waals surface area contributed by atoms with Gasteiger partial charge in [-0.05, 0) is 32.4 Å². The quantitative estimate of drug-likeness (QED) is 0.609. The zero-order valence-corrected chi connectivity index (χ0v) is 12.5. The molecule has 1 aliphatic rings. The van der Waals surface area contributed by atoms with Crippen molar-refractivity contribution in [2.45, 2.75) is 44.5 Å². The average Bonchev–Trinajstić information content (AvgIpc) is 2.34. The van der Waals surface area contributed by atoms with Crippen molar-refractivity contribution in [1.82, 2.24) is 0 Å². The van der Waals surface area contributed by atoms with E-state index in [0.29, 0.717) is 6.42 Å². The van der Waals surface area contributed by atoms with E-state index in [-0.39, 0.29) is 18.5 Å². The molecule has 0 bridgehead atoms. The second kappa shape index (κ2) is 7.14. The molecule has 1 N–H and O–H groups in total. The Bertz CT molecular complexity index is 315. The Balaban J connectivity index is 2.99. The summed E-state index contributed by atoms with van der Waals surface area (Å²) in [6.45, 7) is 5.51. The molecule has 0 amide bonds. The maximum absolute atomic E-state index is 12.0. The van der Waals surface area contributed by atoms with Crippen LogP contribution in [0.4, 0.5) is 0 Å². The fraction of sp³-hybridized carbons (Fsp3) is 0.846. The minimum Gasteiger partial charge on any atom is -0.465 e. The van der Waals surface area contributed by atoms with Crippen molar-refractivity contribution in [3.8, 4) is 0 Å². The van der Waals surface area contributed by atoms with Crippen molar-refractivity contribution < 1.29 is 24.2 Å². The third kappa shape index (κ3) is 3.63. The highest BCUT2D eigenvalue weighted by atomic mass is 32.2. The maximum Gasteiger partial charge on any atom is 0.323 e. The average molecular weight is 290 g/mol. The van der Waals surface area contributed by atoms with Crippen LogP contribution in [0.3, 0.4) is 0 Å². The summed E-state index contributed by atoms with van der Waals surface area (Å²) >= 11 is 1.56. The largest absolute Gasteiger partial charge is 0.465 e. The van der Waals surface area contributed by atoms with Gasteiger partial charge in [-0.15, -0.1) is 0 Å². The van der Waals surface area contributed by atoms with Crippen LogP contribution >= 0.6 is 11.8 Å². The van der Waals surface area contributed by atoms with E-state index in [1.807, 2.05) is 6.92 Å². The normalized spacial score (nSPS) is 27.1. The van der Waals surface area contributed by atoms with Crippen molar-refractivity contribution in [2.24, 2.45) is 5.92 Å². The van der Waals surface area contributed by atoms with E-state index >= 15 is 0 Å². The molecule has 0 aromatic heterocycles. The van der Waals surface area contributed by atoms with Gasteiger partial charge in [-0.3, -0.25) is 9.59 Å². The first-order chi connectivity index (χ1) is 8.97. The molecule has 2 atom stereocenters. The lowest BCUT2D eigenvalue weighted by molar-refractivity contribution is -0.175. The summed E-state index contributed by atoms with van der Waals surface area (Å²) in [7, 11) is 0. The molecule has 0 saturated carbocycles. The second-order valence-electron chi connectivity index (χ2n) is 4.54. The minimum absolute atomic E-state index is 0.173. The number of carbonyl (C=O) groups is 2. The summed E-state index contributed by atoms with van der Waals surface area (Å²) in [5.74, 6) is -1.73. The first kappa shape index (κ1) is 16.3. The van der Waals surface area contributed by atoms with Crippen LogP contribution in [0.1, 0.15) is 33.6 Å². The monoisotopic (exact) mass is 290 g/mol. The molecule has 6 heteroatoms. The van der Waals surface area contributed by atoms with E-state index in [1.54, 1.807) is 25.6 Å². The van der Waals surface area contributed by atoms with Crippen molar-refractivity contribution in [2.75, 3.05) is 19.0 Å². The number of ether oxygens (including phenoxy) is 2. The Morgan fingerprint density at radius 2 is 1.84 bits per heavy atom. The van der Waals surface area contributed by atoms with E-state index in [1.165, 1.54) is 0 Å². The Hall–Kier alpha value is -0.750. The van der Waals surface area contributed by atoms with Crippen molar-refractivity contribution in [1.29, 1.82) is 0 Å². The van der Waals surface area contributed by atoms with Crippen LogP contribution < -0.4 is 0 Å². The highest BCUT2D eigenvalue weighted by Crippen LogP contribution is 2.40. The Kier molecular flexibility index (Phi) is 6.13. The number of esters is 2. The van der Waals surface area contributed by atoms with Gasteiger partial charge in [0.25, 0.3) is 0 Å². The number of hydrogen-bond acceptors (Lipinski definition) is 6. The summed E-state index contributed by atoms with van der Waals surface area (Å²) in [5, 5.41) is 10.6. The molecule has 19 heavy (non-hydrogen) atoms. The number of rotatable bonds is 5. The highest BCUT2D eigenvalue weighted by molar-refractivity contribution is 8.00. The molecule has 0 aromatic carbocycles. The molecule has 1 heterocycles. The van der Waals surface area contributed by atoms with Gasteiger partial charge in [0.2, 0.25) is 0 Å². The van der Waals surface area contributed by atoms with Gasteiger partial charge in [-0.2, -0.15) is 11.8 Å². The number of thioether (sulfide) groups is 1. The van der Waals surface area contributed by atoms with Gasteiger partial charge < -0.3 is 14.6 Å². The van der Waals surface area contributed by atoms with Crippen molar-refractivity contribution >= 4 is 23.7 Å². The molecule has 1 saturated heterocycles. The van der Waals surface area contributed by atoms with Crippen molar-refractivity contribution in [3.63, 3.8) is 0 Å². The van der Waals surface area contributed by atoms with Gasteiger partial charge in [-0.25, -0.2) is 0 Å². The molecular weight excluding hydrogens is 268 g/mol.